The van der Waals surface area contributed by atoms with Crippen molar-refractivity contribution in [2.75, 3.05) is 7.11 Å². The zero-order valence-corrected chi connectivity index (χ0v) is 10.7. The molecule has 0 aliphatic rings. The number of rotatable bonds is 5. The number of hydrogen-bond donors (Lipinski definition) is 1. The van der Waals surface area contributed by atoms with Crippen LogP contribution in [-0.4, -0.2) is 24.1 Å². The first-order chi connectivity index (χ1) is 8.38. The summed E-state index contributed by atoms with van der Waals surface area (Å²) in [5.41, 5.74) is 0.259. The van der Waals surface area contributed by atoms with E-state index in [4.69, 9.17) is 0 Å². The lowest BCUT2D eigenvalue weighted by molar-refractivity contribution is -0.143. The molecule has 4 nitrogen and oxygen atoms in total. The van der Waals surface area contributed by atoms with Crippen LogP contribution in [0, 0.1) is 0 Å². The van der Waals surface area contributed by atoms with Crippen LogP contribution < -0.4 is 5.32 Å². The summed E-state index contributed by atoms with van der Waals surface area (Å²) in [7, 11) is 1.26. The van der Waals surface area contributed by atoms with Gasteiger partial charge in [0.25, 0.3) is 0 Å². The molecule has 1 aromatic heterocycles. The van der Waals surface area contributed by atoms with E-state index in [1.165, 1.54) is 12.5 Å². The van der Waals surface area contributed by atoms with Crippen molar-refractivity contribution in [1.29, 1.82) is 0 Å². The van der Waals surface area contributed by atoms with Gasteiger partial charge in [0.15, 0.2) is 5.01 Å². The fourth-order valence-corrected chi connectivity index (χ4v) is 1.97. The van der Waals surface area contributed by atoms with E-state index in [0.29, 0.717) is 17.8 Å². The van der Waals surface area contributed by atoms with Crippen molar-refractivity contribution in [3.8, 4) is 0 Å². The molecule has 1 N–H and O–H groups in total. The lowest BCUT2D eigenvalue weighted by Crippen LogP contribution is -2.36. The van der Waals surface area contributed by atoms with Crippen molar-refractivity contribution in [1.82, 2.24) is 10.3 Å². The first kappa shape index (κ1) is 14.9. The van der Waals surface area contributed by atoms with Crippen molar-refractivity contribution in [2.45, 2.75) is 32.1 Å². The van der Waals surface area contributed by atoms with Crippen molar-refractivity contribution >= 4 is 17.3 Å². The number of nitrogens with zero attached hydrogens (tertiary/aromatic N) is 1. The minimum atomic E-state index is -4.42. The van der Waals surface area contributed by atoms with E-state index in [9.17, 15) is 18.0 Å². The predicted molar refractivity (Wildman–Crippen MR) is 60.1 cm³/mol. The molecule has 1 heterocycles. The molecular formula is C10H13F3N2O2S. The van der Waals surface area contributed by atoms with E-state index < -0.39 is 23.2 Å². The van der Waals surface area contributed by atoms with Gasteiger partial charge in [0, 0.05) is 11.9 Å². The van der Waals surface area contributed by atoms with E-state index in [1.807, 2.05) is 0 Å². The van der Waals surface area contributed by atoms with Gasteiger partial charge in [-0.1, -0.05) is 6.92 Å². The summed E-state index contributed by atoms with van der Waals surface area (Å²) in [5, 5.41) is 3.24. The Morgan fingerprint density at radius 2 is 2.28 bits per heavy atom. The van der Waals surface area contributed by atoms with E-state index in [1.54, 1.807) is 6.92 Å². The maximum Gasteiger partial charge on any atom is 0.443 e. The molecule has 1 atom stereocenters. The summed E-state index contributed by atoms with van der Waals surface area (Å²) in [6.07, 6.45) is -3.93. The van der Waals surface area contributed by atoms with Gasteiger partial charge in [-0.2, -0.15) is 13.2 Å². The quantitative estimate of drug-likeness (QED) is 0.841. The molecule has 1 aromatic rings. The molecule has 0 saturated heterocycles. The molecule has 0 aliphatic heterocycles. The predicted octanol–water partition coefficient (Wildman–Crippen LogP) is 2.20. The molecule has 0 fully saturated rings. The second-order valence-corrected chi connectivity index (χ2v) is 4.36. The standard InChI is InChI=1S/C10H13F3N2O2S/c1-3-7(8(16)17-2)14-4-6-5-18-9(15-6)10(11,12)13/h5,7,14H,3-4H2,1-2H3. The topological polar surface area (TPSA) is 51.2 Å². The number of thiazole rings is 1. The van der Waals surface area contributed by atoms with Crippen LogP contribution in [0.3, 0.4) is 0 Å². The molecule has 102 valence electrons. The maximum atomic E-state index is 12.3. The number of nitrogens with one attached hydrogen (secondary N) is 1. The average molecular weight is 282 g/mol. The molecule has 0 spiro atoms. The van der Waals surface area contributed by atoms with Crippen LogP contribution in [-0.2, 0) is 22.3 Å². The molecule has 8 heteroatoms. The van der Waals surface area contributed by atoms with Gasteiger partial charge >= 0.3 is 12.1 Å². The number of methoxy groups -OCH3 is 1. The Hall–Kier alpha value is -1.15. The van der Waals surface area contributed by atoms with E-state index in [0.717, 1.165) is 0 Å². The van der Waals surface area contributed by atoms with Gasteiger partial charge in [-0.25, -0.2) is 4.98 Å². The van der Waals surface area contributed by atoms with E-state index >= 15 is 0 Å². The monoisotopic (exact) mass is 282 g/mol. The highest BCUT2D eigenvalue weighted by Gasteiger charge is 2.34. The van der Waals surface area contributed by atoms with Crippen LogP contribution in [0.4, 0.5) is 13.2 Å². The van der Waals surface area contributed by atoms with Crippen molar-refractivity contribution < 1.29 is 22.7 Å². The Morgan fingerprint density at radius 1 is 1.61 bits per heavy atom. The lowest BCUT2D eigenvalue weighted by Gasteiger charge is -2.13. The number of esters is 1. The third-order valence-corrected chi connectivity index (χ3v) is 3.15. The zero-order chi connectivity index (χ0) is 13.8. The average Bonchev–Trinajstić information content (AvgIpc) is 2.78. The number of hydrogen-bond acceptors (Lipinski definition) is 5. The van der Waals surface area contributed by atoms with Gasteiger partial charge in [-0.05, 0) is 6.42 Å². The van der Waals surface area contributed by atoms with Crippen LogP contribution in [0.25, 0.3) is 0 Å². The van der Waals surface area contributed by atoms with E-state index in [-0.39, 0.29) is 12.2 Å². The fourth-order valence-electron chi connectivity index (χ4n) is 1.28. The highest BCUT2D eigenvalue weighted by Crippen LogP contribution is 2.31. The Morgan fingerprint density at radius 3 is 2.72 bits per heavy atom. The summed E-state index contributed by atoms with van der Waals surface area (Å²) >= 11 is 0.538. The SMILES string of the molecule is CCC(NCc1csc(C(F)(F)F)n1)C(=O)OC. The number of ether oxygens (including phenoxy) is 1. The molecular weight excluding hydrogens is 269 g/mol. The minimum absolute atomic E-state index is 0.0974. The van der Waals surface area contributed by atoms with Gasteiger partial charge in [0.1, 0.15) is 6.04 Å². The Kier molecular flexibility index (Phi) is 5.09. The highest BCUT2D eigenvalue weighted by molar-refractivity contribution is 7.09. The fraction of sp³-hybridized carbons (Fsp3) is 0.600. The second kappa shape index (κ2) is 6.14. The van der Waals surface area contributed by atoms with Crippen LogP contribution in [0.15, 0.2) is 5.38 Å². The molecule has 1 rings (SSSR count). The summed E-state index contributed by atoms with van der Waals surface area (Å²) in [6.45, 7) is 1.87. The molecule has 0 radical (unpaired) electrons. The number of aromatic nitrogens is 1. The summed E-state index contributed by atoms with van der Waals surface area (Å²) in [5.74, 6) is -0.441. The van der Waals surface area contributed by atoms with Crippen molar-refractivity contribution in [2.24, 2.45) is 0 Å². The number of halogens is 3. The van der Waals surface area contributed by atoms with Gasteiger partial charge in [0.05, 0.1) is 12.8 Å². The van der Waals surface area contributed by atoms with Crippen LogP contribution in [0.5, 0.6) is 0 Å². The number of carbonyl (C=O) groups is 1. The third kappa shape index (κ3) is 3.95. The molecule has 0 aliphatic carbocycles. The molecule has 0 bridgehead atoms. The molecule has 0 saturated carbocycles. The van der Waals surface area contributed by atoms with Gasteiger partial charge in [0.2, 0.25) is 0 Å². The third-order valence-electron chi connectivity index (χ3n) is 2.22. The number of carbonyl (C=O) groups excluding carboxylic acids is 1. The summed E-state index contributed by atoms with van der Waals surface area (Å²) in [6, 6.07) is -0.536. The second-order valence-electron chi connectivity index (χ2n) is 3.51. The largest absolute Gasteiger partial charge is 0.468 e. The molecule has 1 unspecified atom stereocenters. The Bertz CT molecular complexity index is 406. The number of alkyl halides is 3. The molecule has 0 amide bonds. The normalized spacial score (nSPS) is 13.4. The molecule has 18 heavy (non-hydrogen) atoms. The molecule has 0 aromatic carbocycles. The maximum absolute atomic E-state index is 12.3. The van der Waals surface area contributed by atoms with Gasteiger partial charge in [-0.15, -0.1) is 11.3 Å². The van der Waals surface area contributed by atoms with Crippen molar-refractivity contribution in [3.05, 3.63) is 16.1 Å². The van der Waals surface area contributed by atoms with Crippen LogP contribution >= 0.6 is 11.3 Å². The van der Waals surface area contributed by atoms with Crippen LogP contribution in [0.2, 0.25) is 0 Å². The highest BCUT2D eigenvalue weighted by atomic mass is 32.1. The summed E-state index contributed by atoms with van der Waals surface area (Å²) < 4.78 is 41.5. The van der Waals surface area contributed by atoms with Crippen molar-refractivity contribution in [3.63, 3.8) is 0 Å². The Balaban J connectivity index is 2.58. The van der Waals surface area contributed by atoms with Crippen LogP contribution in [0.1, 0.15) is 24.0 Å². The van der Waals surface area contributed by atoms with Gasteiger partial charge < -0.3 is 4.74 Å². The summed E-state index contributed by atoms with van der Waals surface area (Å²) in [4.78, 5) is 14.7. The van der Waals surface area contributed by atoms with Gasteiger partial charge in [-0.3, -0.25) is 10.1 Å². The smallest absolute Gasteiger partial charge is 0.443 e. The first-order valence-electron chi connectivity index (χ1n) is 5.21. The lowest BCUT2D eigenvalue weighted by atomic mass is 10.2. The van der Waals surface area contributed by atoms with E-state index in [2.05, 4.69) is 15.0 Å². The Labute approximate surface area is 106 Å². The zero-order valence-electron chi connectivity index (χ0n) is 9.87. The first-order valence-corrected chi connectivity index (χ1v) is 6.09. The minimum Gasteiger partial charge on any atom is -0.468 e.